The summed E-state index contributed by atoms with van der Waals surface area (Å²) in [5.74, 6) is 0. The highest BCUT2D eigenvalue weighted by atomic mass is 16.3. The molecule has 13 heavy (non-hydrogen) atoms. The monoisotopic (exact) mass is 180 g/mol. The third-order valence-corrected chi connectivity index (χ3v) is 1.77. The molecule has 0 aliphatic heterocycles. The van der Waals surface area contributed by atoms with E-state index in [2.05, 4.69) is 5.18 Å². The van der Waals surface area contributed by atoms with Crippen molar-refractivity contribution in [2.45, 2.75) is 12.5 Å². The average molecular weight is 180 g/mol. The molecular weight excluding hydrogens is 168 g/mol. The summed E-state index contributed by atoms with van der Waals surface area (Å²) >= 11 is 0. The van der Waals surface area contributed by atoms with Crippen LogP contribution in [0.1, 0.15) is 5.56 Å². The van der Waals surface area contributed by atoms with Crippen LogP contribution in [-0.4, -0.2) is 17.8 Å². The zero-order valence-electron chi connectivity index (χ0n) is 7.18. The van der Waals surface area contributed by atoms with Crippen molar-refractivity contribution in [1.82, 2.24) is 0 Å². The van der Waals surface area contributed by atoms with Crippen molar-refractivity contribution in [3.05, 3.63) is 34.7 Å². The molecule has 0 unspecified atom stereocenters. The number of rotatable bonds is 4. The lowest BCUT2D eigenvalue weighted by molar-refractivity contribution is 0.265. The zero-order valence-corrected chi connectivity index (χ0v) is 7.18. The molecule has 4 heteroatoms. The fraction of sp³-hybridized carbons (Fsp3) is 0.333. The number of nitroso groups, excluding NO2 is 1. The molecule has 1 atom stereocenters. The minimum Gasteiger partial charge on any atom is -0.395 e. The molecule has 0 aliphatic carbocycles. The molecule has 1 rings (SSSR count). The number of aliphatic hydroxyl groups excluding tert-OH is 1. The van der Waals surface area contributed by atoms with Crippen molar-refractivity contribution >= 4 is 5.69 Å². The predicted octanol–water partition coefficient (Wildman–Crippen LogP) is 0.947. The van der Waals surface area contributed by atoms with Gasteiger partial charge in [-0.05, 0) is 29.3 Å². The summed E-state index contributed by atoms with van der Waals surface area (Å²) in [7, 11) is 0. The standard InChI is InChI=1S/C9H12N2O2/c10-8(6-12)5-7-1-3-9(11-13)4-2-7/h1-4,8,12H,5-6,10H2/t8-/m0/s1. The smallest absolute Gasteiger partial charge is 0.108 e. The largest absolute Gasteiger partial charge is 0.395 e. The molecule has 0 spiro atoms. The Kier molecular flexibility index (Phi) is 3.54. The first-order valence-corrected chi connectivity index (χ1v) is 4.05. The third kappa shape index (κ3) is 2.93. The predicted molar refractivity (Wildman–Crippen MR) is 50.7 cm³/mol. The van der Waals surface area contributed by atoms with E-state index in [0.29, 0.717) is 12.1 Å². The molecule has 0 amide bonds. The summed E-state index contributed by atoms with van der Waals surface area (Å²) < 4.78 is 0. The Morgan fingerprint density at radius 1 is 1.38 bits per heavy atom. The SMILES string of the molecule is N[C@H](CO)Cc1ccc(N=O)cc1. The molecule has 1 aromatic carbocycles. The minimum absolute atomic E-state index is 0.0340. The van der Waals surface area contributed by atoms with Crippen LogP contribution in [0.15, 0.2) is 29.4 Å². The van der Waals surface area contributed by atoms with Gasteiger partial charge >= 0.3 is 0 Å². The van der Waals surface area contributed by atoms with Gasteiger partial charge in [-0.25, -0.2) is 0 Å². The van der Waals surface area contributed by atoms with E-state index in [9.17, 15) is 4.91 Å². The lowest BCUT2D eigenvalue weighted by Gasteiger charge is -2.07. The summed E-state index contributed by atoms with van der Waals surface area (Å²) in [5, 5.41) is 11.5. The number of aliphatic hydroxyl groups is 1. The Balaban J connectivity index is 2.63. The quantitative estimate of drug-likeness (QED) is 0.677. The van der Waals surface area contributed by atoms with Crippen LogP contribution in [-0.2, 0) is 6.42 Å². The lowest BCUT2D eigenvalue weighted by Crippen LogP contribution is -2.26. The highest BCUT2D eigenvalue weighted by molar-refractivity contribution is 5.38. The molecule has 0 radical (unpaired) electrons. The van der Waals surface area contributed by atoms with Gasteiger partial charge in [0.05, 0.1) is 6.61 Å². The van der Waals surface area contributed by atoms with Crippen molar-refractivity contribution in [2.24, 2.45) is 10.9 Å². The van der Waals surface area contributed by atoms with Crippen LogP contribution in [0.2, 0.25) is 0 Å². The Morgan fingerprint density at radius 3 is 2.46 bits per heavy atom. The summed E-state index contributed by atoms with van der Waals surface area (Å²) in [4.78, 5) is 10.1. The van der Waals surface area contributed by atoms with Crippen LogP contribution >= 0.6 is 0 Å². The number of hydrogen-bond donors (Lipinski definition) is 2. The van der Waals surface area contributed by atoms with E-state index < -0.39 is 0 Å². The van der Waals surface area contributed by atoms with E-state index in [1.165, 1.54) is 0 Å². The molecule has 70 valence electrons. The van der Waals surface area contributed by atoms with E-state index in [1.54, 1.807) is 24.3 Å². The maximum Gasteiger partial charge on any atom is 0.108 e. The van der Waals surface area contributed by atoms with Gasteiger partial charge in [0.25, 0.3) is 0 Å². The first-order valence-electron chi connectivity index (χ1n) is 4.05. The van der Waals surface area contributed by atoms with Crippen LogP contribution in [0.4, 0.5) is 5.69 Å². The van der Waals surface area contributed by atoms with Gasteiger partial charge in [0.15, 0.2) is 0 Å². The minimum atomic E-state index is -0.241. The number of nitrogens with zero attached hydrogens (tertiary/aromatic N) is 1. The molecule has 0 saturated carbocycles. The number of hydrogen-bond acceptors (Lipinski definition) is 4. The molecule has 3 N–H and O–H groups in total. The molecule has 0 aliphatic rings. The van der Waals surface area contributed by atoms with Crippen LogP contribution in [0.25, 0.3) is 0 Å². The molecule has 0 saturated heterocycles. The maximum atomic E-state index is 10.1. The Labute approximate surface area is 76.4 Å². The van der Waals surface area contributed by atoms with Crippen molar-refractivity contribution in [3.63, 3.8) is 0 Å². The summed E-state index contributed by atoms with van der Waals surface area (Å²) in [6, 6.07) is 6.59. The molecule has 0 aromatic heterocycles. The second-order valence-corrected chi connectivity index (χ2v) is 2.90. The van der Waals surface area contributed by atoms with Gasteiger partial charge in [0.1, 0.15) is 5.69 Å². The molecule has 4 nitrogen and oxygen atoms in total. The van der Waals surface area contributed by atoms with E-state index >= 15 is 0 Å². The fourth-order valence-electron chi connectivity index (χ4n) is 1.06. The van der Waals surface area contributed by atoms with Crippen molar-refractivity contribution in [1.29, 1.82) is 0 Å². The van der Waals surface area contributed by atoms with Crippen molar-refractivity contribution in [2.75, 3.05) is 6.61 Å². The Bertz CT molecular complexity index is 271. The van der Waals surface area contributed by atoms with Crippen molar-refractivity contribution < 1.29 is 5.11 Å². The van der Waals surface area contributed by atoms with Crippen LogP contribution in [0.5, 0.6) is 0 Å². The second kappa shape index (κ2) is 4.69. The molecule has 0 bridgehead atoms. The van der Waals surface area contributed by atoms with E-state index in [4.69, 9.17) is 10.8 Å². The Morgan fingerprint density at radius 2 is 2.00 bits per heavy atom. The normalized spacial score (nSPS) is 12.5. The third-order valence-electron chi connectivity index (χ3n) is 1.77. The van der Waals surface area contributed by atoms with Crippen molar-refractivity contribution in [3.8, 4) is 0 Å². The van der Waals surface area contributed by atoms with Gasteiger partial charge in [0, 0.05) is 6.04 Å². The van der Waals surface area contributed by atoms with Gasteiger partial charge in [-0.3, -0.25) is 0 Å². The summed E-state index contributed by atoms with van der Waals surface area (Å²) in [6.07, 6.45) is 0.607. The number of benzene rings is 1. The van der Waals surface area contributed by atoms with E-state index in [1.807, 2.05) is 0 Å². The van der Waals surface area contributed by atoms with Gasteiger partial charge < -0.3 is 10.8 Å². The van der Waals surface area contributed by atoms with Gasteiger partial charge in [-0.2, -0.15) is 0 Å². The number of nitrogens with two attached hydrogens (primary N) is 1. The van der Waals surface area contributed by atoms with Crippen LogP contribution < -0.4 is 5.73 Å². The van der Waals surface area contributed by atoms with E-state index in [0.717, 1.165) is 5.56 Å². The Hall–Kier alpha value is -1.26. The molecular formula is C9H12N2O2. The first kappa shape index (κ1) is 9.83. The molecule has 1 aromatic rings. The molecule has 0 fully saturated rings. The fourth-order valence-corrected chi connectivity index (χ4v) is 1.06. The average Bonchev–Trinajstić information content (AvgIpc) is 2.19. The summed E-state index contributed by atoms with van der Waals surface area (Å²) in [6.45, 7) is -0.0340. The van der Waals surface area contributed by atoms with E-state index in [-0.39, 0.29) is 12.6 Å². The lowest BCUT2D eigenvalue weighted by atomic mass is 10.1. The topological polar surface area (TPSA) is 75.7 Å². The van der Waals surface area contributed by atoms with Crippen LogP contribution in [0.3, 0.4) is 0 Å². The maximum absolute atomic E-state index is 10.1. The van der Waals surface area contributed by atoms with Gasteiger partial charge in [0.2, 0.25) is 0 Å². The first-order chi connectivity index (χ1) is 6.26. The van der Waals surface area contributed by atoms with Crippen LogP contribution in [0, 0.1) is 4.91 Å². The summed E-state index contributed by atoms with van der Waals surface area (Å²) in [5.41, 5.74) is 6.94. The highest BCUT2D eigenvalue weighted by Gasteiger charge is 2.01. The van der Waals surface area contributed by atoms with Gasteiger partial charge in [-0.15, -0.1) is 4.91 Å². The second-order valence-electron chi connectivity index (χ2n) is 2.90. The molecule has 0 heterocycles. The highest BCUT2D eigenvalue weighted by Crippen LogP contribution is 2.12. The zero-order chi connectivity index (χ0) is 9.68. The van der Waals surface area contributed by atoms with Gasteiger partial charge in [-0.1, -0.05) is 12.1 Å².